The molecular weight excluding hydrogens is 256 g/mol. The zero-order valence-corrected chi connectivity index (χ0v) is 12.1. The zero-order chi connectivity index (χ0) is 13.1. The Labute approximate surface area is 118 Å². The Hall–Kier alpha value is -1.13. The molecule has 3 rings (SSSR count). The fourth-order valence-electron chi connectivity index (χ4n) is 2.48. The SMILES string of the molecule is CCCOc1ccc2nc(C3CCNCC3)sc2c1. The van der Waals surface area contributed by atoms with Crippen molar-refractivity contribution >= 4 is 21.6 Å². The third-order valence-electron chi connectivity index (χ3n) is 3.54. The van der Waals surface area contributed by atoms with Crippen molar-refractivity contribution in [3.05, 3.63) is 23.2 Å². The van der Waals surface area contributed by atoms with E-state index in [2.05, 4.69) is 24.4 Å². The number of thiazole rings is 1. The summed E-state index contributed by atoms with van der Waals surface area (Å²) in [6.07, 6.45) is 3.46. The minimum absolute atomic E-state index is 0.638. The lowest BCUT2D eigenvalue weighted by Gasteiger charge is -2.20. The second-order valence-electron chi connectivity index (χ2n) is 5.05. The Morgan fingerprint density at radius 2 is 2.21 bits per heavy atom. The maximum absolute atomic E-state index is 5.69. The predicted molar refractivity (Wildman–Crippen MR) is 80.3 cm³/mol. The van der Waals surface area contributed by atoms with Crippen LogP contribution >= 0.6 is 11.3 Å². The van der Waals surface area contributed by atoms with Gasteiger partial charge < -0.3 is 10.1 Å². The average Bonchev–Trinajstić information content (AvgIpc) is 2.89. The first-order valence-electron chi connectivity index (χ1n) is 7.11. The number of hydrogen-bond donors (Lipinski definition) is 1. The summed E-state index contributed by atoms with van der Waals surface area (Å²) in [6.45, 7) is 5.14. The van der Waals surface area contributed by atoms with E-state index < -0.39 is 0 Å². The van der Waals surface area contributed by atoms with Crippen molar-refractivity contribution in [2.45, 2.75) is 32.1 Å². The summed E-state index contributed by atoms with van der Waals surface area (Å²) in [4.78, 5) is 4.79. The monoisotopic (exact) mass is 276 g/mol. The van der Waals surface area contributed by atoms with Gasteiger partial charge in [0, 0.05) is 5.92 Å². The lowest BCUT2D eigenvalue weighted by Crippen LogP contribution is -2.26. The van der Waals surface area contributed by atoms with Crippen LogP contribution in [0.2, 0.25) is 0 Å². The summed E-state index contributed by atoms with van der Waals surface area (Å²) in [5.74, 6) is 1.61. The molecule has 0 unspecified atom stereocenters. The quantitative estimate of drug-likeness (QED) is 0.927. The largest absolute Gasteiger partial charge is 0.494 e. The van der Waals surface area contributed by atoms with Gasteiger partial charge in [-0.3, -0.25) is 0 Å². The van der Waals surface area contributed by atoms with Crippen molar-refractivity contribution in [2.24, 2.45) is 0 Å². The van der Waals surface area contributed by atoms with Gasteiger partial charge in [-0.05, 0) is 50.6 Å². The van der Waals surface area contributed by atoms with Crippen LogP contribution < -0.4 is 10.1 Å². The third-order valence-corrected chi connectivity index (χ3v) is 4.72. The van der Waals surface area contributed by atoms with Gasteiger partial charge in [-0.1, -0.05) is 6.92 Å². The molecule has 1 aromatic carbocycles. The fraction of sp³-hybridized carbons (Fsp3) is 0.533. The van der Waals surface area contributed by atoms with E-state index in [0.29, 0.717) is 5.92 Å². The summed E-state index contributed by atoms with van der Waals surface area (Å²) in [6, 6.07) is 6.25. The summed E-state index contributed by atoms with van der Waals surface area (Å²) in [5.41, 5.74) is 1.11. The van der Waals surface area contributed by atoms with E-state index >= 15 is 0 Å². The lowest BCUT2D eigenvalue weighted by molar-refractivity contribution is 0.318. The van der Waals surface area contributed by atoms with E-state index in [0.717, 1.165) is 37.4 Å². The molecular formula is C15H20N2OS. The molecule has 1 aliphatic rings. The first-order chi connectivity index (χ1) is 9.36. The fourth-order valence-corrected chi connectivity index (χ4v) is 3.64. The molecule has 2 heterocycles. The topological polar surface area (TPSA) is 34.1 Å². The number of hydrogen-bond acceptors (Lipinski definition) is 4. The molecule has 1 fully saturated rings. The molecule has 0 spiro atoms. The van der Waals surface area contributed by atoms with Gasteiger partial charge in [0.2, 0.25) is 0 Å². The van der Waals surface area contributed by atoms with Crippen LogP contribution in [0, 0.1) is 0 Å². The highest BCUT2D eigenvalue weighted by Crippen LogP contribution is 2.33. The number of ether oxygens (including phenoxy) is 1. The summed E-state index contributed by atoms with van der Waals surface area (Å²) >= 11 is 1.83. The molecule has 1 saturated heterocycles. The minimum atomic E-state index is 0.638. The van der Waals surface area contributed by atoms with Crippen molar-refractivity contribution in [3.8, 4) is 5.75 Å². The molecule has 0 saturated carbocycles. The molecule has 0 bridgehead atoms. The average molecular weight is 276 g/mol. The van der Waals surface area contributed by atoms with Gasteiger partial charge in [-0.15, -0.1) is 11.3 Å². The molecule has 1 N–H and O–H groups in total. The van der Waals surface area contributed by atoms with Gasteiger partial charge >= 0.3 is 0 Å². The van der Waals surface area contributed by atoms with Crippen molar-refractivity contribution < 1.29 is 4.74 Å². The molecule has 102 valence electrons. The van der Waals surface area contributed by atoms with Crippen molar-refractivity contribution in [1.29, 1.82) is 0 Å². The second-order valence-corrected chi connectivity index (χ2v) is 6.12. The molecule has 1 aromatic heterocycles. The maximum Gasteiger partial charge on any atom is 0.120 e. The van der Waals surface area contributed by atoms with E-state index in [1.165, 1.54) is 22.5 Å². The van der Waals surface area contributed by atoms with Crippen LogP contribution in [-0.4, -0.2) is 24.7 Å². The summed E-state index contributed by atoms with van der Waals surface area (Å²) in [5, 5.41) is 4.70. The highest BCUT2D eigenvalue weighted by atomic mass is 32.1. The van der Waals surface area contributed by atoms with E-state index in [1.807, 2.05) is 17.4 Å². The zero-order valence-electron chi connectivity index (χ0n) is 11.3. The first kappa shape index (κ1) is 12.9. The van der Waals surface area contributed by atoms with E-state index in [9.17, 15) is 0 Å². The van der Waals surface area contributed by atoms with Gasteiger partial charge in [0.15, 0.2) is 0 Å². The third kappa shape index (κ3) is 2.90. The van der Waals surface area contributed by atoms with Crippen LogP contribution in [0.5, 0.6) is 5.75 Å². The molecule has 0 aliphatic carbocycles. The van der Waals surface area contributed by atoms with Gasteiger partial charge in [-0.2, -0.15) is 0 Å². The van der Waals surface area contributed by atoms with Gasteiger partial charge in [0.05, 0.1) is 21.8 Å². The van der Waals surface area contributed by atoms with Crippen molar-refractivity contribution in [2.75, 3.05) is 19.7 Å². The Bertz CT molecular complexity index is 546. The Morgan fingerprint density at radius 3 is 3.00 bits per heavy atom. The van der Waals surface area contributed by atoms with Crippen LogP contribution in [0.3, 0.4) is 0 Å². The standard InChI is InChI=1S/C15H20N2OS/c1-2-9-18-12-3-4-13-14(10-12)19-15(17-13)11-5-7-16-8-6-11/h3-4,10-11,16H,2,5-9H2,1H3. The van der Waals surface area contributed by atoms with Crippen molar-refractivity contribution in [1.82, 2.24) is 10.3 Å². The van der Waals surface area contributed by atoms with Crippen LogP contribution in [0.25, 0.3) is 10.2 Å². The number of benzene rings is 1. The smallest absolute Gasteiger partial charge is 0.120 e. The van der Waals surface area contributed by atoms with Crippen LogP contribution in [0.1, 0.15) is 37.1 Å². The Kier molecular flexibility index (Phi) is 3.99. The second kappa shape index (κ2) is 5.88. The molecule has 1 aliphatic heterocycles. The molecule has 0 atom stereocenters. The lowest BCUT2D eigenvalue weighted by atomic mass is 9.99. The predicted octanol–water partition coefficient (Wildman–Crippen LogP) is 3.55. The highest BCUT2D eigenvalue weighted by Gasteiger charge is 2.19. The molecule has 0 amide bonds. The number of aromatic nitrogens is 1. The van der Waals surface area contributed by atoms with Crippen LogP contribution in [0.4, 0.5) is 0 Å². The van der Waals surface area contributed by atoms with Crippen LogP contribution in [0.15, 0.2) is 18.2 Å². The summed E-state index contributed by atoms with van der Waals surface area (Å²) < 4.78 is 6.94. The first-order valence-corrected chi connectivity index (χ1v) is 7.92. The maximum atomic E-state index is 5.69. The number of fused-ring (bicyclic) bond motifs is 1. The van der Waals surface area contributed by atoms with E-state index in [-0.39, 0.29) is 0 Å². The Morgan fingerprint density at radius 1 is 1.37 bits per heavy atom. The van der Waals surface area contributed by atoms with Crippen molar-refractivity contribution in [3.63, 3.8) is 0 Å². The summed E-state index contributed by atoms with van der Waals surface area (Å²) in [7, 11) is 0. The number of nitrogens with one attached hydrogen (secondary N) is 1. The van der Waals surface area contributed by atoms with Gasteiger partial charge in [0.1, 0.15) is 5.75 Å². The number of piperidine rings is 1. The molecule has 19 heavy (non-hydrogen) atoms. The molecule has 3 nitrogen and oxygen atoms in total. The number of rotatable bonds is 4. The Balaban J connectivity index is 1.83. The van der Waals surface area contributed by atoms with Gasteiger partial charge in [-0.25, -0.2) is 4.98 Å². The minimum Gasteiger partial charge on any atom is -0.494 e. The number of nitrogens with zero attached hydrogens (tertiary/aromatic N) is 1. The molecule has 0 radical (unpaired) electrons. The molecule has 4 heteroatoms. The van der Waals surface area contributed by atoms with Crippen LogP contribution in [-0.2, 0) is 0 Å². The van der Waals surface area contributed by atoms with E-state index in [1.54, 1.807) is 0 Å². The molecule has 2 aromatic rings. The highest BCUT2D eigenvalue weighted by molar-refractivity contribution is 7.18. The van der Waals surface area contributed by atoms with E-state index in [4.69, 9.17) is 9.72 Å². The van der Waals surface area contributed by atoms with Gasteiger partial charge in [0.25, 0.3) is 0 Å². The normalized spacial score (nSPS) is 16.9.